The lowest BCUT2D eigenvalue weighted by Crippen LogP contribution is -2.09. The van der Waals surface area contributed by atoms with Crippen molar-refractivity contribution in [2.45, 2.75) is 19.3 Å². The van der Waals surface area contributed by atoms with E-state index in [1.54, 1.807) is 7.11 Å². The summed E-state index contributed by atoms with van der Waals surface area (Å²) >= 11 is 0. The summed E-state index contributed by atoms with van der Waals surface area (Å²) in [7, 11) is 1.65. The maximum absolute atomic E-state index is 5.09. The van der Waals surface area contributed by atoms with E-state index in [4.69, 9.17) is 4.74 Å². The summed E-state index contributed by atoms with van der Waals surface area (Å²) in [5.41, 5.74) is 2.64. The Kier molecular flexibility index (Phi) is 2.68. The highest BCUT2D eigenvalue weighted by Gasteiger charge is 2.18. The normalized spacial score (nSPS) is 21.1. The van der Waals surface area contributed by atoms with Gasteiger partial charge >= 0.3 is 0 Å². The average Bonchev–Trinajstić information content (AvgIpc) is 2.70. The van der Waals surface area contributed by atoms with E-state index in [1.807, 2.05) is 12.3 Å². The maximum atomic E-state index is 5.09. The molecule has 1 aromatic heterocycles. The number of hydrogen-bond donors (Lipinski definition) is 1. The van der Waals surface area contributed by atoms with Crippen molar-refractivity contribution in [3.05, 3.63) is 23.4 Å². The molecule has 2 heterocycles. The molecular weight excluding hydrogens is 176 g/mol. The van der Waals surface area contributed by atoms with Gasteiger partial charge in [-0.05, 0) is 36.9 Å². The fraction of sp³-hybridized carbons (Fsp3) is 0.545. The van der Waals surface area contributed by atoms with Gasteiger partial charge in [0.15, 0.2) is 0 Å². The minimum Gasteiger partial charge on any atom is -0.481 e. The number of pyridine rings is 1. The van der Waals surface area contributed by atoms with Crippen LogP contribution in [0.4, 0.5) is 0 Å². The molecule has 0 bridgehead atoms. The summed E-state index contributed by atoms with van der Waals surface area (Å²) in [5.74, 6) is 1.34. The van der Waals surface area contributed by atoms with Crippen LogP contribution in [0, 0.1) is 6.92 Å². The summed E-state index contributed by atoms with van der Waals surface area (Å²) in [4.78, 5) is 4.25. The number of hydrogen-bond acceptors (Lipinski definition) is 3. The molecule has 76 valence electrons. The number of rotatable bonds is 2. The first-order valence-corrected chi connectivity index (χ1v) is 5.02. The SMILES string of the molecule is COc1cc(C)c(C2CCNC2)cn1. The van der Waals surface area contributed by atoms with E-state index in [1.165, 1.54) is 17.5 Å². The number of aromatic nitrogens is 1. The Bertz CT molecular complexity index is 319. The van der Waals surface area contributed by atoms with Crippen molar-refractivity contribution in [2.75, 3.05) is 20.2 Å². The lowest BCUT2D eigenvalue weighted by Gasteiger charge is -2.12. The molecule has 1 aliphatic rings. The molecule has 1 atom stereocenters. The number of methoxy groups -OCH3 is 1. The van der Waals surface area contributed by atoms with E-state index in [0.29, 0.717) is 11.8 Å². The summed E-state index contributed by atoms with van der Waals surface area (Å²) in [6.45, 7) is 4.32. The Morgan fingerprint density at radius 1 is 1.57 bits per heavy atom. The quantitative estimate of drug-likeness (QED) is 0.770. The van der Waals surface area contributed by atoms with Crippen LogP contribution in [0.5, 0.6) is 5.88 Å². The van der Waals surface area contributed by atoms with E-state index in [2.05, 4.69) is 17.2 Å². The summed E-state index contributed by atoms with van der Waals surface area (Å²) in [6, 6.07) is 2.01. The highest BCUT2D eigenvalue weighted by Crippen LogP contribution is 2.26. The molecule has 1 unspecified atom stereocenters. The number of nitrogens with one attached hydrogen (secondary N) is 1. The van der Waals surface area contributed by atoms with E-state index in [-0.39, 0.29) is 0 Å². The largest absolute Gasteiger partial charge is 0.481 e. The number of aryl methyl sites for hydroxylation is 1. The second-order valence-corrected chi connectivity index (χ2v) is 3.77. The second-order valence-electron chi connectivity index (χ2n) is 3.77. The van der Waals surface area contributed by atoms with Crippen LogP contribution >= 0.6 is 0 Å². The third-order valence-electron chi connectivity index (χ3n) is 2.84. The van der Waals surface area contributed by atoms with Crippen molar-refractivity contribution in [1.82, 2.24) is 10.3 Å². The summed E-state index contributed by atoms with van der Waals surface area (Å²) < 4.78 is 5.09. The van der Waals surface area contributed by atoms with Gasteiger partial charge in [0.2, 0.25) is 5.88 Å². The minimum absolute atomic E-state index is 0.633. The highest BCUT2D eigenvalue weighted by molar-refractivity contribution is 5.31. The highest BCUT2D eigenvalue weighted by atomic mass is 16.5. The fourth-order valence-electron chi connectivity index (χ4n) is 2.00. The second kappa shape index (κ2) is 3.96. The summed E-state index contributed by atoms with van der Waals surface area (Å²) in [6.07, 6.45) is 3.17. The van der Waals surface area contributed by atoms with Crippen LogP contribution in [-0.4, -0.2) is 25.2 Å². The van der Waals surface area contributed by atoms with Crippen LogP contribution in [0.3, 0.4) is 0 Å². The Morgan fingerprint density at radius 2 is 2.43 bits per heavy atom. The van der Waals surface area contributed by atoms with Crippen molar-refractivity contribution in [3.63, 3.8) is 0 Å². The predicted molar refractivity (Wildman–Crippen MR) is 55.8 cm³/mol. The monoisotopic (exact) mass is 192 g/mol. The van der Waals surface area contributed by atoms with Crippen LogP contribution in [0.15, 0.2) is 12.3 Å². The van der Waals surface area contributed by atoms with Crippen LogP contribution in [0.1, 0.15) is 23.5 Å². The third kappa shape index (κ3) is 1.73. The van der Waals surface area contributed by atoms with Crippen LogP contribution in [-0.2, 0) is 0 Å². The van der Waals surface area contributed by atoms with Gasteiger partial charge in [-0.15, -0.1) is 0 Å². The fourth-order valence-corrected chi connectivity index (χ4v) is 2.00. The first-order chi connectivity index (χ1) is 6.81. The molecule has 0 aromatic carbocycles. The number of ether oxygens (including phenoxy) is 1. The molecule has 1 N–H and O–H groups in total. The van der Waals surface area contributed by atoms with E-state index in [0.717, 1.165) is 13.1 Å². The van der Waals surface area contributed by atoms with Crippen LogP contribution in [0.25, 0.3) is 0 Å². The molecule has 1 aliphatic heterocycles. The third-order valence-corrected chi connectivity index (χ3v) is 2.84. The molecule has 1 aromatic rings. The Labute approximate surface area is 84.5 Å². The average molecular weight is 192 g/mol. The van der Waals surface area contributed by atoms with Crippen molar-refractivity contribution < 1.29 is 4.74 Å². The molecular formula is C11H16N2O. The first kappa shape index (κ1) is 9.46. The van der Waals surface area contributed by atoms with Crippen molar-refractivity contribution in [3.8, 4) is 5.88 Å². The topological polar surface area (TPSA) is 34.1 Å². The molecule has 14 heavy (non-hydrogen) atoms. The van der Waals surface area contributed by atoms with E-state index < -0.39 is 0 Å². The van der Waals surface area contributed by atoms with Crippen LogP contribution < -0.4 is 10.1 Å². The molecule has 0 saturated carbocycles. The Morgan fingerprint density at radius 3 is 3.00 bits per heavy atom. The zero-order valence-electron chi connectivity index (χ0n) is 8.71. The van der Waals surface area contributed by atoms with Gasteiger partial charge in [0.25, 0.3) is 0 Å². The number of nitrogens with zero attached hydrogens (tertiary/aromatic N) is 1. The maximum Gasteiger partial charge on any atom is 0.213 e. The molecule has 0 radical (unpaired) electrons. The van der Waals surface area contributed by atoms with Gasteiger partial charge in [0.1, 0.15) is 0 Å². The van der Waals surface area contributed by atoms with Crippen LogP contribution in [0.2, 0.25) is 0 Å². The van der Waals surface area contributed by atoms with Crippen molar-refractivity contribution >= 4 is 0 Å². The molecule has 0 spiro atoms. The minimum atomic E-state index is 0.633. The molecule has 1 saturated heterocycles. The summed E-state index contributed by atoms with van der Waals surface area (Å²) in [5, 5.41) is 3.37. The van der Waals surface area contributed by atoms with Crippen molar-refractivity contribution in [1.29, 1.82) is 0 Å². The van der Waals surface area contributed by atoms with Gasteiger partial charge in [-0.25, -0.2) is 4.98 Å². The van der Waals surface area contributed by atoms with Crippen molar-refractivity contribution in [2.24, 2.45) is 0 Å². The molecule has 0 aliphatic carbocycles. The molecule has 3 heteroatoms. The van der Waals surface area contributed by atoms with E-state index in [9.17, 15) is 0 Å². The molecule has 1 fully saturated rings. The molecule has 3 nitrogen and oxygen atoms in total. The van der Waals surface area contributed by atoms with Gasteiger partial charge < -0.3 is 10.1 Å². The van der Waals surface area contributed by atoms with Gasteiger partial charge in [0.05, 0.1) is 7.11 Å². The van der Waals surface area contributed by atoms with Gasteiger partial charge in [0, 0.05) is 18.8 Å². The first-order valence-electron chi connectivity index (χ1n) is 5.02. The zero-order valence-corrected chi connectivity index (χ0v) is 8.71. The lowest BCUT2D eigenvalue weighted by atomic mass is 9.96. The molecule has 2 rings (SSSR count). The van der Waals surface area contributed by atoms with Gasteiger partial charge in [-0.3, -0.25) is 0 Å². The predicted octanol–water partition coefficient (Wildman–Crippen LogP) is 1.48. The zero-order chi connectivity index (χ0) is 9.97. The Hall–Kier alpha value is -1.09. The Balaban J connectivity index is 2.25. The smallest absolute Gasteiger partial charge is 0.213 e. The molecule has 0 amide bonds. The van der Waals surface area contributed by atoms with E-state index >= 15 is 0 Å². The van der Waals surface area contributed by atoms with Gasteiger partial charge in [-0.2, -0.15) is 0 Å². The van der Waals surface area contributed by atoms with Gasteiger partial charge in [-0.1, -0.05) is 0 Å². The lowest BCUT2D eigenvalue weighted by molar-refractivity contribution is 0.397. The standard InChI is InChI=1S/C11H16N2O/c1-8-5-11(14-2)13-7-10(8)9-3-4-12-6-9/h5,7,9,12H,3-4,6H2,1-2H3.